The lowest BCUT2D eigenvalue weighted by atomic mass is 9.77. The van der Waals surface area contributed by atoms with Gasteiger partial charge in [-0.25, -0.2) is 0 Å². The van der Waals surface area contributed by atoms with Crippen LogP contribution in [0.1, 0.15) is 67.1 Å². The molecule has 176 valence electrons. The number of ether oxygens (including phenoxy) is 1. The van der Waals surface area contributed by atoms with Gasteiger partial charge in [-0.05, 0) is 36.3 Å². The predicted octanol–water partition coefficient (Wildman–Crippen LogP) is 6.15. The van der Waals surface area contributed by atoms with E-state index < -0.39 is 0 Å². The largest absolute Gasteiger partial charge is 0.493 e. The highest BCUT2D eigenvalue weighted by molar-refractivity contribution is 6.09. The van der Waals surface area contributed by atoms with E-state index in [4.69, 9.17) is 9.72 Å². The molecule has 0 unspecified atom stereocenters. The summed E-state index contributed by atoms with van der Waals surface area (Å²) < 4.78 is 5.77. The Balaban J connectivity index is 1.52. The number of rotatable bonds is 4. The third kappa shape index (κ3) is 4.15. The minimum Gasteiger partial charge on any atom is -0.493 e. The van der Waals surface area contributed by atoms with Crippen molar-refractivity contribution in [3.05, 3.63) is 71.4 Å². The third-order valence-corrected chi connectivity index (χ3v) is 7.14. The van der Waals surface area contributed by atoms with Crippen molar-refractivity contribution < 1.29 is 9.53 Å². The minimum absolute atomic E-state index is 0.0785. The molecule has 0 saturated carbocycles. The van der Waals surface area contributed by atoms with Gasteiger partial charge in [0.15, 0.2) is 0 Å². The number of allylic oxidation sites excluding steroid dienone is 2. The maximum Gasteiger partial charge on any atom is 0.255 e. The first kappa shape index (κ1) is 22.5. The number of hydrogen-bond acceptors (Lipinski definition) is 4. The minimum atomic E-state index is -0.108. The Kier molecular flexibility index (Phi) is 5.80. The number of nitrogens with zero attached hydrogens (tertiary/aromatic N) is 2. The average molecular weight is 456 g/mol. The van der Waals surface area contributed by atoms with Crippen molar-refractivity contribution in [1.29, 1.82) is 0 Å². The molecule has 1 amide bonds. The van der Waals surface area contributed by atoms with Crippen LogP contribution in [0.5, 0.6) is 5.75 Å². The van der Waals surface area contributed by atoms with E-state index in [1.807, 2.05) is 43.3 Å². The Morgan fingerprint density at radius 1 is 1.15 bits per heavy atom. The summed E-state index contributed by atoms with van der Waals surface area (Å²) in [5, 5.41) is 4.25. The molecule has 3 aromatic rings. The second-order valence-corrected chi connectivity index (χ2v) is 10.4. The van der Waals surface area contributed by atoms with E-state index in [0.29, 0.717) is 17.6 Å². The normalized spacial score (nSPS) is 19.1. The summed E-state index contributed by atoms with van der Waals surface area (Å²) in [6, 6.07) is 14.2. The van der Waals surface area contributed by atoms with E-state index in [1.165, 1.54) is 17.6 Å². The molecule has 34 heavy (non-hydrogen) atoms. The summed E-state index contributed by atoms with van der Waals surface area (Å²) in [6.07, 6.45) is 8.16. The van der Waals surface area contributed by atoms with Gasteiger partial charge < -0.3 is 15.0 Å². The molecule has 1 N–H and O–H groups in total. The summed E-state index contributed by atoms with van der Waals surface area (Å²) in [7, 11) is 3.98. The second-order valence-electron chi connectivity index (χ2n) is 10.4. The Morgan fingerprint density at radius 2 is 1.97 bits per heavy atom. The van der Waals surface area contributed by atoms with Crippen LogP contribution in [0.15, 0.2) is 54.7 Å². The smallest absolute Gasteiger partial charge is 0.255 e. The number of anilines is 1. The topological polar surface area (TPSA) is 54.5 Å². The number of pyridine rings is 1. The highest BCUT2D eigenvalue weighted by Gasteiger charge is 2.27. The molecule has 2 aliphatic rings. The van der Waals surface area contributed by atoms with Gasteiger partial charge in [-0.15, -0.1) is 0 Å². The van der Waals surface area contributed by atoms with Crippen LogP contribution in [0.3, 0.4) is 0 Å². The van der Waals surface area contributed by atoms with Crippen LogP contribution < -0.4 is 15.0 Å². The fourth-order valence-corrected chi connectivity index (χ4v) is 5.17. The monoisotopic (exact) mass is 455 g/mol. The number of fused-ring (bicyclic) bond motifs is 2. The van der Waals surface area contributed by atoms with Crippen LogP contribution in [0.2, 0.25) is 0 Å². The molecule has 0 spiro atoms. The SMILES string of the molecule is CN(C)c1c(C(=O)N[C@H]2CCOc3ccccc32)cnc2c(C3=CCC(C)(C)CC3)cccc12. The van der Waals surface area contributed by atoms with Gasteiger partial charge in [-0.2, -0.15) is 0 Å². The third-order valence-electron chi connectivity index (χ3n) is 7.14. The van der Waals surface area contributed by atoms with Gasteiger partial charge in [0.05, 0.1) is 29.4 Å². The van der Waals surface area contributed by atoms with Gasteiger partial charge in [0.2, 0.25) is 0 Å². The van der Waals surface area contributed by atoms with E-state index >= 15 is 0 Å². The van der Waals surface area contributed by atoms with Crippen molar-refractivity contribution in [2.45, 2.75) is 45.6 Å². The fourth-order valence-electron chi connectivity index (χ4n) is 5.17. The van der Waals surface area contributed by atoms with E-state index in [2.05, 4.69) is 43.4 Å². The number of aromatic nitrogens is 1. The Bertz CT molecular complexity index is 1280. The first-order valence-corrected chi connectivity index (χ1v) is 12.1. The van der Waals surface area contributed by atoms with E-state index in [9.17, 15) is 4.79 Å². The summed E-state index contributed by atoms with van der Waals surface area (Å²) in [6.45, 7) is 5.24. The Morgan fingerprint density at radius 3 is 2.74 bits per heavy atom. The molecule has 5 heteroatoms. The molecule has 5 rings (SSSR count). The lowest BCUT2D eigenvalue weighted by molar-refractivity contribution is 0.0925. The molecule has 1 aromatic heterocycles. The van der Waals surface area contributed by atoms with Crippen LogP contribution in [-0.2, 0) is 0 Å². The van der Waals surface area contributed by atoms with Crippen molar-refractivity contribution in [2.75, 3.05) is 25.6 Å². The van der Waals surface area contributed by atoms with Crippen LogP contribution in [-0.4, -0.2) is 31.6 Å². The maximum absolute atomic E-state index is 13.5. The molecular weight excluding hydrogens is 422 g/mol. The summed E-state index contributed by atoms with van der Waals surface area (Å²) in [5.74, 6) is 0.737. The summed E-state index contributed by atoms with van der Waals surface area (Å²) in [5.41, 5.74) is 6.38. The molecule has 5 nitrogen and oxygen atoms in total. The molecule has 0 fully saturated rings. The number of hydrogen-bond donors (Lipinski definition) is 1. The standard InChI is InChI=1S/C29H33N3O2/c1-29(2)15-12-19(13-16-29)20-9-7-10-22-26(20)30-18-23(27(22)32(3)4)28(33)31-24-14-17-34-25-11-6-5-8-21(24)25/h5-12,18,24H,13-17H2,1-4H3,(H,31,33)/t24-/m0/s1. The number of benzene rings is 2. The number of carbonyl (C=O) groups excluding carboxylic acids is 1. The molecule has 1 aliphatic carbocycles. The zero-order chi connectivity index (χ0) is 23.9. The number of amides is 1. The van der Waals surface area contributed by atoms with Gasteiger partial charge in [0, 0.05) is 43.2 Å². The first-order valence-electron chi connectivity index (χ1n) is 12.1. The van der Waals surface area contributed by atoms with E-state index in [0.717, 1.165) is 47.2 Å². The molecular formula is C29H33N3O2. The molecule has 1 atom stereocenters. The Hall–Kier alpha value is -3.34. The van der Waals surface area contributed by atoms with E-state index in [1.54, 1.807) is 6.20 Å². The maximum atomic E-state index is 13.5. The predicted molar refractivity (Wildman–Crippen MR) is 138 cm³/mol. The van der Waals surface area contributed by atoms with Gasteiger partial charge >= 0.3 is 0 Å². The second kappa shape index (κ2) is 8.79. The Labute approximate surface area is 201 Å². The van der Waals surface area contributed by atoms with Crippen molar-refractivity contribution in [3.63, 3.8) is 0 Å². The number of para-hydroxylation sites is 2. The van der Waals surface area contributed by atoms with Crippen molar-refractivity contribution in [1.82, 2.24) is 10.3 Å². The molecule has 2 heterocycles. The average Bonchev–Trinajstić information content (AvgIpc) is 2.83. The highest BCUT2D eigenvalue weighted by atomic mass is 16.5. The first-order chi connectivity index (χ1) is 16.3. The highest BCUT2D eigenvalue weighted by Crippen LogP contribution is 2.41. The van der Waals surface area contributed by atoms with Crippen LogP contribution in [0.25, 0.3) is 16.5 Å². The molecule has 0 radical (unpaired) electrons. The van der Waals surface area contributed by atoms with Crippen molar-refractivity contribution >= 4 is 28.1 Å². The van der Waals surface area contributed by atoms with Gasteiger partial charge in [-0.3, -0.25) is 9.78 Å². The van der Waals surface area contributed by atoms with Gasteiger partial charge in [-0.1, -0.05) is 56.3 Å². The lowest BCUT2D eigenvalue weighted by Crippen LogP contribution is -2.33. The lowest BCUT2D eigenvalue weighted by Gasteiger charge is -2.29. The zero-order valence-corrected chi connectivity index (χ0v) is 20.5. The van der Waals surface area contributed by atoms with Crippen molar-refractivity contribution in [2.24, 2.45) is 5.41 Å². The van der Waals surface area contributed by atoms with Crippen LogP contribution >= 0.6 is 0 Å². The van der Waals surface area contributed by atoms with Gasteiger partial charge in [0.25, 0.3) is 5.91 Å². The quantitative estimate of drug-likeness (QED) is 0.513. The number of carbonyl (C=O) groups is 1. The molecule has 2 aromatic carbocycles. The number of nitrogens with one attached hydrogen (secondary N) is 1. The molecule has 1 aliphatic heterocycles. The van der Waals surface area contributed by atoms with Crippen molar-refractivity contribution in [3.8, 4) is 5.75 Å². The molecule has 0 saturated heterocycles. The fraction of sp³-hybridized carbons (Fsp3) is 0.379. The summed E-state index contributed by atoms with van der Waals surface area (Å²) in [4.78, 5) is 20.4. The van der Waals surface area contributed by atoms with Gasteiger partial charge in [0.1, 0.15) is 5.75 Å². The van der Waals surface area contributed by atoms with E-state index in [-0.39, 0.29) is 11.9 Å². The molecule has 0 bridgehead atoms. The van der Waals surface area contributed by atoms with Crippen LogP contribution in [0, 0.1) is 5.41 Å². The van der Waals surface area contributed by atoms with Crippen LogP contribution in [0.4, 0.5) is 5.69 Å². The zero-order valence-electron chi connectivity index (χ0n) is 20.5. The summed E-state index contributed by atoms with van der Waals surface area (Å²) >= 11 is 0.